The predicted molar refractivity (Wildman–Crippen MR) is 62.4 cm³/mol. The molecule has 1 aromatic carbocycles. The van der Waals surface area contributed by atoms with Crippen LogP contribution < -0.4 is 10.5 Å². The quantitative estimate of drug-likeness (QED) is 0.826. The van der Waals surface area contributed by atoms with Crippen LogP contribution in [-0.2, 0) is 13.2 Å². The number of aliphatic hydroxyl groups is 1. The average molecular weight is 231 g/mol. The molecule has 0 unspecified atom stereocenters. The van der Waals surface area contributed by atoms with Gasteiger partial charge in [-0.15, -0.1) is 0 Å². The highest BCUT2D eigenvalue weighted by atomic mass is 16.5. The maximum Gasteiger partial charge on any atom is 0.242 e. The zero-order chi connectivity index (χ0) is 12.1. The summed E-state index contributed by atoms with van der Waals surface area (Å²) in [6.07, 6.45) is 3.11. The van der Waals surface area contributed by atoms with E-state index in [0.29, 0.717) is 17.3 Å². The molecular weight excluding hydrogens is 218 g/mol. The number of hydrogen-bond donors (Lipinski definition) is 2. The van der Waals surface area contributed by atoms with E-state index in [0.717, 1.165) is 5.56 Å². The molecule has 0 radical (unpaired) electrons. The highest BCUT2D eigenvalue weighted by Crippen LogP contribution is 2.22. The molecule has 1 aromatic heterocycles. The van der Waals surface area contributed by atoms with E-state index < -0.39 is 0 Å². The van der Waals surface area contributed by atoms with E-state index in [1.54, 1.807) is 30.6 Å². The van der Waals surface area contributed by atoms with Crippen molar-refractivity contribution in [1.29, 1.82) is 0 Å². The van der Waals surface area contributed by atoms with Gasteiger partial charge in [0.1, 0.15) is 11.4 Å². The van der Waals surface area contributed by atoms with E-state index in [1.165, 1.54) is 0 Å². The zero-order valence-corrected chi connectivity index (χ0v) is 9.21. The molecule has 0 bridgehead atoms. The maximum atomic E-state index is 9.03. The summed E-state index contributed by atoms with van der Waals surface area (Å²) in [6.45, 7) is 0.240. The highest BCUT2D eigenvalue weighted by molar-refractivity contribution is 5.32. The second-order valence-corrected chi connectivity index (χ2v) is 3.42. The summed E-state index contributed by atoms with van der Waals surface area (Å²) in [5.41, 5.74) is 6.92. The highest BCUT2D eigenvalue weighted by Gasteiger charge is 2.06. The maximum absolute atomic E-state index is 9.03. The van der Waals surface area contributed by atoms with Crippen molar-refractivity contribution in [3.63, 3.8) is 0 Å². The van der Waals surface area contributed by atoms with Crippen molar-refractivity contribution >= 4 is 0 Å². The second-order valence-electron chi connectivity index (χ2n) is 3.42. The van der Waals surface area contributed by atoms with Gasteiger partial charge in [0.15, 0.2) is 0 Å². The van der Waals surface area contributed by atoms with Crippen LogP contribution in [0, 0.1) is 0 Å². The molecule has 0 saturated carbocycles. The summed E-state index contributed by atoms with van der Waals surface area (Å²) in [5, 5.41) is 9.03. The lowest BCUT2D eigenvalue weighted by Crippen LogP contribution is -2.03. The van der Waals surface area contributed by atoms with Gasteiger partial charge < -0.3 is 15.6 Å². The predicted octanol–water partition coefficient (Wildman–Crippen LogP) is 1.22. The first-order valence-corrected chi connectivity index (χ1v) is 5.21. The van der Waals surface area contributed by atoms with E-state index in [2.05, 4.69) is 9.97 Å². The van der Waals surface area contributed by atoms with Crippen LogP contribution in [0.1, 0.15) is 11.3 Å². The fraction of sp³-hybridized carbons (Fsp3) is 0.167. The third-order valence-corrected chi connectivity index (χ3v) is 2.22. The van der Waals surface area contributed by atoms with Crippen molar-refractivity contribution in [3.05, 3.63) is 47.9 Å². The van der Waals surface area contributed by atoms with Gasteiger partial charge >= 0.3 is 0 Å². The Balaban J connectivity index is 2.24. The molecule has 88 valence electrons. The molecule has 0 aliphatic heterocycles. The number of ether oxygens (including phenoxy) is 1. The number of aliphatic hydroxyl groups excluding tert-OH is 1. The molecule has 2 rings (SSSR count). The summed E-state index contributed by atoms with van der Waals surface area (Å²) in [4.78, 5) is 8.15. The van der Waals surface area contributed by atoms with Gasteiger partial charge in [-0.3, -0.25) is 4.98 Å². The number of nitrogens with two attached hydrogens (primary N) is 1. The van der Waals surface area contributed by atoms with Crippen LogP contribution in [0.4, 0.5) is 0 Å². The minimum atomic E-state index is -0.0264. The summed E-state index contributed by atoms with van der Waals surface area (Å²) in [5.74, 6) is 0.997. The van der Waals surface area contributed by atoms with Crippen LogP contribution in [0.5, 0.6) is 11.6 Å². The van der Waals surface area contributed by atoms with E-state index in [9.17, 15) is 0 Å². The first-order valence-electron chi connectivity index (χ1n) is 5.21. The smallest absolute Gasteiger partial charge is 0.242 e. The number of aromatic nitrogens is 2. The molecule has 5 nitrogen and oxygen atoms in total. The van der Waals surface area contributed by atoms with Crippen LogP contribution in [0.15, 0.2) is 36.7 Å². The van der Waals surface area contributed by atoms with Crippen molar-refractivity contribution in [2.45, 2.75) is 13.2 Å². The van der Waals surface area contributed by atoms with Crippen LogP contribution >= 0.6 is 0 Å². The molecule has 0 aliphatic carbocycles. The topological polar surface area (TPSA) is 81.3 Å². The number of hydrogen-bond acceptors (Lipinski definition) is 5. The molecule has 2 aromatic rings. The first kappa shape index (κ1) is 11.5. The first-order chi connectivity index (χ1) is 8.33. The Hall–Kier alpha value is -1.98. The fourth-order valence-electron chi connectivity index (χ4n) is 1.40. The molecule has 0 saturated heterocycles. The van der Waals surface area contributed by atoms with Gasteiger partial charge in [-0.05, 0) is 17.7 Å². The zero-order valence-electron chi connectivity index (χ0n) is 9.21. The summed E-state index contributed by atoms with van der Waals surface area (Å²) in [6, 6.07) is 7.15. The average Bonchev–Trinajstić information content (AvgIpc) is 2.39. The van der Waals surface area contributed by atoms with E-state index in [4.69, 9.17) is 15.6 Å². The van der Waals surface area contributed by atoms with Crippen LogP contribution in [0.3, 0.4) is 0 Å². The Morgan fingerprint density at radius 2 is 2.06 bits per heavy atom. The third-order valence-electron chi connectivity index (χ3n) is 2.22. The van der Waals surface area contributed by atoms with Gasteiger partial charge in [0.25, 0.3) is 0 Å². The molecule has 0 atom stereocenters. The normalized spacial score (nSPS) is 10.2. The van der Waals surface area contributed by atoms with Crippen molar-refractivity contribution in [2.75, 3.05) is 0 Å². The van der Waals surface area contributed by atoms with Crippen molar-refractivity contribution in [2.24, 2.45) is 5.73 Å². The lowest BCUT2D eigenvalue weighted by molar-refractivity contribution is 0.281. The Morgan fingerprint density at radius 1 is 1.24 bits per heavy atom. The van der Waals surface area contributed by atoms with Crippen LogP contribution in [0.25, 0.3) is 0 Å². The van der Waals surface area contributed by atoms with Gasteiger partial charge in [0, 0.05) is 18.9 Å². The molecule has 0 aliphatic rings. The molecule has 1 heterocycles. The lowest BCUT2D eigenvalue weighted by Gasteiger charge is -2.08. The molecular formula is C12H13N3O2. The summed E-state index contributed by atoms with van der Waals surface area (Å²) >= 11 is 0. The van der Waals surface area contributed by atoms with Crippen molar-refractivity contribution in [1.82, 2.24) is 9.97 Å². The van der Waals surface area contributed by atoms with E-state index in [1.807, 2.05) is 6.07 Å². The van der Waals surface area contributed by atoms with Gasteiger partial charge in [0.05, 0.1) is 6.61 Å². The van der Waals surface area contributed by atoms with Gasteiger partial charge in [0.2, 0.25) is 5.88 Å². The number of nitrogens with zero attached hydrogens (tertiary/aromatic N) is 2. The fourth-order valence-corrected chi connectivity index (χ4v) is 1.40. The third kappa shape index (κ3) is 2.77. The lowest BCUT2D eigenvalue weighted by atomic mass is 10.2. The molecule has 3 N–H and O–H groups in total. The number of rotatable bonds is 4. The minimum Gasteiger partial charge on any atom is -0.437 e. The van der Waals surface area contributed by atoms with Gasteiger partial charge in [-0.1, -0.05) is 12.1 Å². The van der Waals surface area contributed by atoms with Crippen LogP contribution in [-0.4, -0.2) is 15.1 Å². The molecule has 17 heavy (non-hydrogen) atoms. The van der Waals surface area contributed by atoms with Crippen molar-refractivity contribution < 1.29 is 9.84 Å². The van der Waals surface area contributed by atoms with E-state index >= 15 is 0 Å². The summed E-state index contributed by atoms with van der Waals surface area (Å²) < 4.78 is 5.58. The largest absolute Gasteiger partial charge is 0.437 e. The Kier molecular flexibility index (Phi) is 3.64. The van der Waals surface area contributed by atoms with Gasteiger partial charge in [-0.25, -0.2) is 4.98 Å². The molecule has 0 spiro atoms. The number of benzene rings is 1. The van der Waals surface area contributed by atoms with Gasteiger partial charge in [-0.2, -0.15) is 0 Å². The SMILES string of the molecule is NCc1nccnc1Oc1cccc(CO)c1. The Bertz CT molecular complexity index is 503. The standard InChI is InChI=1S/C12H13N3O2/c13-7-11-12(15-5-4-14-11)17-10-3-1-2-9(6-10)8-16/h1-6,16H,7-8,13H2. The Morgan fingerprint density at radius 3 is 2.82 bits per heavy atom. The molecule has 0 fully saturated rings. The van der Waals surface area contributed by atoms with E-state index in [-0.39, 0.29) is 13.2 Å². The minimum absolute atomic E-state index is 0.0264. The Labute approximate surface area is 98.9 Å². The second kappa shape index (κ2) is 5.38. The van der Waals surface area contributed by atoms with Crippen LogP contribution in [0.2, 0.25) is 0 Å². The summed E-state index contributed by atoms with van der Waals surface area (Å²) in [7, 11) is 0. The van der Waals surface area contributed by atoms with Crippen molar-refractivity contribution in [3.8, 4) is 11.6 Å². The molecule has 5 heteroatoms. The molecule has 0 amide bonds. The monoisotopic (exact) mass is 231 g/mol.